The van der Waals surface area contributed by atoms with Crippen LogP contribution in [0.15, 0.2) is 12.4 Å². The van der Waals surface area contributed by atoms with Gasteiger partial charge in [0, 0.05) is 12.1 Å². The molecule has 0 fully saturated rings. The summed E-state index contributed by atoms with van der Waals surface area (Å²) >= 11 is 4.47. The second kappa shape index (κ2) is 3.92. The average molecular weight is 413 g/mol. The average Bonchev–Trinajstić information content (AvgIpc) is 2.47. The van der Waals surface area contributed by atoms with E-state index in [4.69, 9.17) is 0 Å². The minimum atomic E-state index is 0.437. The third kappa shape index (κ3) is 1.75. The van der Waals surface area contributed by atoms with Gasteiger partial charge in [-0.2, -0.15) is 0 Å². The van der Waals surface area contributed by atoms with E-state index in [2.05, 4.69) is 73.4 Å². The first-order chi connectivity index (χ1) is 6.59. The van der Waals surface area contributed by atoms with Gasteiger partial charge in [0.05, 0.1) is 11.7 Å². The molecule has 0 aliphatic heterocycles. The minimum absolute atomic E-state index is 0.437. The Morgan fingerprint density at radius 2 is 2.07 bits per heavy atom. The molecule has 0 aliphatic carbocycles. The molecule has 0 spiro atoms. The van der Waals surface area contributed by atoms with Gasteiger partial charge in [0.15, 0.2) is 0 Å². The maximum absolute atomic E-state index is 4.41. The summed E-state index contributed by atoms with van der Waals surface area (Å²) in [5.41, 5.74) is 1.09. The van der Waals surface area contributed by atoms with Crippen LogP contribution in [0.5, 0.6) is 0 Å². The number of hydrogen-bond donors (Lipinski definition) is 0. The van der Waals surface area contributed by atoms with Crippen molar-refractivity contribution in [2.45, 2.75) is 19.8 Å². The zero-order chi connectivity index (χ0) is 10.3. The largest absolute Gasteiger partial charge is 0.298 e. The van der Waals surface area contributed by atoms with Crippen LogP contribution in [0.4, 0.5) is 0 Å². The van der Waals surface area contributed by atoms with Crippen LogP contribution < -0.4 is 0 Å². The summed E-state index contributed by atoms with van der Waals surface area (Å²) in [6, 6.07) is 0. The van der Waals surface area contributed by atoms with E-state index in [0.717, 1.165) is 18.7 Å². The van der Waals surface area contributed by atoms with E-state index in [0.29, 0.717) is 5.92 Å². The number of nitrogens with zero attached hydrogens (tertiary/aromatic N) is 3. The van der Waals surface area contributed by atoms with Gasteiger partial charge in [-0.25, -0.2) is 9.97 Å². The standard InChI is InChI=1S/C9H9I2N3/c1-5(2)9-12-3-6-8(11)13-7(10)4-14(6)9/h3-5H,1-2H3. The summed E-state index contributed by atoms with van der Waals surface area (Å²) in [6.07, 6.45) is 3.92. The zero-order valence-electron chi connectivity index (χ0n) is 7.83. The molecule has 0 saturated heterocycles. The van der Waals surface area contributed by atoms with Gasteiger partial charge < -0.3 is 0 Å². The summed E-state index contributed by atoms with van der Waals surface area (Å²) in [7, 11) is 0. The van der Waals surface area contributed by atoms with Crippen molar-refractivity contribution < 1.29 is 0 Å². The Bertz CT molecular complexity index is 476. The van der Waals surface area contributed by atoms with E-state index < -0.39 is 0 Å². The molecule has 0 radical (unpaired) electrons. The maximum atomic E-state index is 4.41. The summed E-state index contributed by atoms with van der Waals surface area (Å²) in [5, 5.41) is 0. The van der Waals surface area contributed by atoms with Crippen molar-refractivity contribution >= 4 is 50.7 Å². The molecule has 74 valence electrons. The minimum Gasteiger partial charge on any atom is -0.298 e. The van der Waals surface area contributed by atoms with Gasteiger partial charge >= 0.3 is 0 Å². The Kier molecular flexibility index (Phi) is 2.96. The van der Waals surface area contributed by atoms with Crippen LogP contribution in [-0.4, -0.2) is 14.4 Å². The molecule has 5 heteroatoms. The Labute approximate surface area is 110 Å². The topological polar surface area (TPSA) is 30.2 Å². The lowest BCUT2D eigenvalue weighted by atomic mass is 10.2. The quantitative estimate of drug-likeness (QED) is 0.674. The van der Waals surface area contributed by atoms with Crippen LogP contribution in [0, 0.1) is 7.40 Å². The fraction of sp³-hybridized carbons (Fsp3) is 0.333. The van der Waals surface area contributed by atoms with E-state index >= 15 is 0 Å². The number of rotatable bonds is 1. The van der Waals surface area contributed by atoms with Crippen molar-refractivity contribution in [1.29, 1.82) is 0 Å². The van der Waals surface area contributed by atoms with Crippen LogP contribution in [0.1, 0.15) is 25.6 Å². The Morgan fingerprint density at radius 3 is 2.71 bits per heavy atom. The molecule has 3 nitrogen and oxygen atoms in total. The fourth-order valence-corrected chi connectivity index (χ4v) is 3.02. The van der Waals surface area contributed by atoms with Crippen LogP contribution in [0.3, 0.4) is 0 Å². The Hall–Kier alpha value is 0.0800. The molecule has 2 rings (SSSR count). The Balaban J connectivity index is 2.78. The van der Waals surface area contributed by atoms with Crippen molar-refractivity contribution in [3.63, 3.8) is 0 Å². The van der Waals surface area contributed by atoms with Gasteiger partial charge in [0.25, 0.3) is 0 Å². The highest BCUT2D eigenvalue weighted by molar-refractivity contribution is 14.1. The van der Waals surface area contributed by atoms with Crippen molar-refractivity contribution in [2.24, 2.45) is 0 Å². The molecule has 0 saturated carbocycles. The molecule has 0 aliphatic rings. The summed E-state index contributed by atoms with van der Waals surface area (Å²) in [5.74, 6) is 1.53. The highest BCUT2D eigenvalue weighted by atomic mass is 127. The molecule has 0 aromatic carbocycles. The van der Waals surface area contributed by atoms with Gasteiger partial charge in [0.1, 0.15) is 13.2 Å². The third-order valence-electron chi connectivity index (χ3n) is 1.99. The van der Waals surface area contributed by atoms with Gasteiger partial charge in [-0.3, -0.25) is 4.40 Å². The summed E-state index contributed by atoms with van der Waals surface area (Å²) in [4.78, 5) is 8.80. The van der Waals surface area contributed by atoms with Crippen molar-refractivity contribution in [3.05, 3.63) is 25.6 Å². The van der Waals surface area contributed by atoms with Crippen molar-refractivity contribution in [3.8, 4) is 0 Å². The monoisotopic (exact) mass is 413 g/mol. The lowest BCUT2D eigenvalue weighted by Crippen LogP contribution is -2.00. The van der Waals surface area contributed by atoms with E-state index in [1.54, 1.807) is 0 Å². The van der Waals surface area contributed by atoms with Gasteiger partial charge in [-0.05, 0) is 45.2 Å². The van der Waals surface area contributed by atoms with Gasteiger partial charge in [-0.1, -0.05) is 13.8 Å². The Morgan fingerprint density at radius 1 is 1.36 bits per heavy atom. The fourth-order valence-electron chi connectivity index (χ4n) is 1.38. The molecule has 2 aromatic heterocycles. The number of halogens is 2. The summed E-state index contributed by atoms with van der Waals surface area (Å²) < 4.78 is 4.13. The van der Waals surface area contributed by atoms with E-state index in [9.17, 15) is 0 Å². The molecule has 2 aromatic rings. The van der Waals surface area contributed by atoms with E-state index in [1.807, 2.05) is 12.4 Å². The predicted octanol–water partition coefficient (Wildman–Crippen LogP) is 3.06. The van der Waals surface area contributed by atoms with E-state index in [-0.39, 0.29) is 0 Å². The summed E-state index contributed by atoms with van der Waals surface area (Å²) in [6.45, 7) is 4.30. The zero-order valence-corrected chi connectivity index (χ0v) is 12.1. The molecule has 2 heterocycles. The molecular formula is C9H9I2N3. The molecular weight excluding hydrogens is 404 g/mol. The second-order valence-electron chi connectivity index (χ2n) is 3.38. The van der Waals surface area contributed by atoms with Gasteiger partial charge in [0.2, 0.25) is 0 Å². The molecule has 0 amide bonds. The van der Waals surface area contributed by atoms with Crippen molar-refractivity contribution in [1.82, 2.24) is 14.4 Å². The predicted molar refractivity (Wildman–Crippen MR) is 72.5 cm³/mol. The van der Waals surface area contributed by atoms with E-state index in [1.165, 1.54) is 0 Å². The lowest BCUT2D eigenvalue weighted by molar-refractivity contribution is 0.766. The molecule has 0 unspecified atom stereocenters. The smallest absolute Gasteiger partial charge is 0.128 e. The second-order valence-corrected chi connectivity index (χ2v) is 5.51. The SMILES string of the molecule is CC(C)c1ncc2c(I)nc(I)cn12. The molecule has 0 bridgehead atoms. The van der Waals surface area contributed by atoms with Crippen molar-refractivity contribution in [2.75, 3.05) is 0 Å². The lowest BCUT2D eigenvalue weighted by Gasteiger charge is -2.04. The van der Waals surface area contributed by atoms with Gasteiger partial charge in [-0.15, -0.1) is 0 Å². The van der Waals surface area contributed by atoms with Crippen LogP contribution in [-0.2, 0) is 0 Å². The molecule has 0 N–H and O–H groups in total. The molecule has 14 heavy (non-hydrogen) atoms. The molecule has 0 atom stereocenters. The first-order valence-corrected chi connectivity index (χ1v) is 6.44. The first kappa shape index (κ1) is 10.6. The highest BCUT2D eigenvalue weighted by Gasteiger charge is 2.10. The number of hydrogen-bond acceptors (Lipinski definition) is 2. The maximum Gasteiger partial charge on any atom is 0.128 e. The third-order valence-corrected chi connectivity index (χ3v) is 3.31. The van der Waals surface area contributed by atoms with Crippen LogP contribution in [0.25, 0.3) is 5.52 Å². The van der Waals surface area contributed by atoms with Crippen LogP contribution >= 0.6 is 45.2 Å². The number of aromatic nitrogens is 3. The normalized spacial score (nSPS) is 11.5. The number of imidazole rings is 1. The first-order valence-electron chi connectivity index (χ1n) is 4.28. The van der Waals surface area contributed by atoms with Crippen LogP contribution in [0.2, 0.25) is 0 Å². The number of fused-ring (bicyclic) bond motifs is 1. The highest BCUT2D eigenvalue weighted by Crippen LogP contribution is 2.19.